The van der Waals surface area contributed by atoms with Crippen LogP contribution in [-0.4, -0.2) is 26.5 Å². The third-order valence-electron chi connectivity index (χ3n) is 3.00. The second-order valence-corrected chi connectivity index (χ2v) is 4.50. The predicted molar refractivity (Wildman–Crippen MR) is 74.5 cm³/mol. The van der Waals surface area contributed by atoms with Crippen molar-refractivity contribution in [3.63, 3.8) is 0 Å². The van der Waals surface area contributed by atoms with Gasteiger partial charge in [-0.1, -0.05) is 6.92 Å². The van der Waals surface area contributed by atoms with Gasteiger partial charge in [0, 0.05) is 29.7 Å². The maximum absolute atomic E-state index is 4.53. The SMILES string of the molecule is CCCNC(C)c1cnc(-c2ccncn2)nc1C. The normalized spacial score (nSPS) is 12.4. The smallest absolute Gasteiger partial charge is 0.178 e. The van der Waals surface area contributed by atoms with Crippen LogP contribution in [0.4, 0.5) is 0 Å². The van der Waals surface area contributed by atoms with E-state index in [1.54, 1.807) is 6.20 Å². The highest BCUT2D eigenvalue weighted by atomic mass is 15.0. The summed E-state index contributed by atoms with van der Waals surface area (Å²) in [6.07, 6.45) is 6.20. The van der Waals surface area contributed by atoms with E-state index in [-0.39, 0.29) is 6.04 Å². The molecule has 0 bridgehead atoms. The minimum Gasteiger partial charge on any atom is -0.310 e. The molecule has 0 saturated carbocycles. The first-order chi connectivity index (χ1) is 9.22. The molecule has 5 nitrogen and oxygen atoms in total. The van der Waals surface area contributed by atoms with Gasteiger partial charge in [-0.05, 0) is 32.9 Å². The number of hydrogen-bond donors (Lipinski definition) is 1. The zero-order valence-corrected chi connectivity index (χ0v) is 11.6. The quantitative estimate of drug-likeness (QED) is 0.890. The number of aromatic nitrogens is 4. The van der Waals surface area contributed by atoms with Crippen LogP contribution in [-0.2, 0) is 0 Å². The van der Waals surface area contributed by atoms with Gasteiger partial charge in [0.25, 0.3) is 0 Å². The third kappa shape index (κ3) is 3.32. The number of nitrogens with zero attached hydrogens (tertiary/aromatic N) is 4. The Kier molecular flexibility index (Phi) is 4.52. The number of aryl methyl sites for hydroxylation is 1. The van der Waals surface area contributed by atoms with Gasteiger partial charge in [-0.2, -0.15) is 0 Å². The highest BCUT2D eigenvalue weighted by Gasteiger charge is 2.11. The summed E-state index contributed by atoms with van der Waals surface area (Å²) in [6.45, 7) is 7.28. The fourth-order valence-electron chi connectivity index (χ4n) is 1.92. The van der Waals surface area contributed by atoms with Crippen LogP contribution < -0.4 is 5.32 Å². The first kappa shape index (κ1) is 13.5. The van der Waals surface area contributed by atoms with Gasteiger partial charge in [0.05, 0.1) is 0 Å². The molecule has 2 heterocycles. The summed E-state index contributed by atoms with van der Waals surface area (Å²) in [4.78, 5) is 17.0. The van der Waals surface area contributed by atoms with E-state index >= 15 is 0 Å². The first-order valence-corrected chi connectivity index (χ1v) is 6.55. The Labute approximate surface area is 113 Å². The summed E-state index contributed by atoms with van der Waals surface area (Å²) in [5.41, 5.74) is 2.87. The Morgan fingerprint density at radius 2 is 2.16 bits per heavy atom. The van der Waals surface area contributed by atoms with Crippen LogP contribution >= 0.6 is 0 Å². The second kappa shape index (κ2) is 6.33. The topological polar surface area (TPSA) is 63.6 Å². The van der Waals surface area contributed by atoms with Crippen molar-refractivity contribution < 1.29 is 0 Å². The highest BCUT2D eigenvalue weighted by molar-refractivity contribution is 5.48. The Morgan fingerprint density at radius 1 is 1.32 bits per heavy atom. The van der Waals surface area contributed by atoms with Gasteiger partial charge in [0.15, 0.2) is 5.82 Å². The van der Waals surface area contributed by atoms with Crippen LogP contribution in [0, 0.1) is 6.92 Å². The van der Waals surface area contributed by atoms with Crippen LogP contribution in [0.3, 0.4) is 0 Å². The standard InChI is InChI=1S/C14H19N5/c1-4-6-16-10(2)12-8-17-14(19-11(12)3)13-5-7-15-9-18-13/h5,7-10,16H,4,6H2,1-3H3. The summed E-state index contributed by atoms with van der Waals surface area (Å²) in [5.74, 6) is 0.645. The van der Waals surface area contributed by atoms with Gasteiger partial charge < -0.3 is 5.32 Å². The molecular formula is C14H19N5. The number of rotatable bonds is 5. The van der Waals surface area contributed by atoms with Crippen molar-refractivity contribution in [2.75, 3.05) is 6.54 Å². The molecule has 19 heavy (non-hydrogen) atoms. The second-order valence-electron chi connectivity index (χ2n) is 4.50. The van der Waals surface area contributed by atoms with Gasteiger partial charge in [-0.3, -0.25) is 0 Å². The molecule has 0 aliphatic carbocycles. The monoisotopic (exact) mass is 257 g/mol. The molecule has 0 fully saturated rings. The van der Waals surface area contributed by atoms with Gasteiger partial charge in [-0.15, -0.1) is 0 Å². The van der Waals surface area contributed by atoms with Crippen molar-refractivity contribution in [1.29, 1.82) is 0 Å². The maximum atomic E-state index is 4.53. The zero-order valence-electron chi connectivity index (χ0n) is 11.6. The average molecular weight is 257 g/mol. The molecule has 100 valence electrons. The van der Waals surface area contributed by atoms with E-state index in [1.807, 2.05) is 19.2 Å². The average Bonchev–Trinajstić information content (AvgIpc) is 2.45. The molecule has 2 aromatic rings. The molecule has 0 aliphatic rings. The van der Waals surface area contributed by atoms with Gasteiger partial charge in [-0.25, -0.2) is 19.9 Å². The van der Waals surface area contributed by atoms with E-state index in [0.717, 1.165) is 29.9 Å². The van der Waals surface area contributed by atoms with Gasteiger partial charge >= 0.3 is 0 Å². The van der Waals surface area contributed by atoms with Crippen LogP contribution in [0.1, 0.15) is 37.6 Å². The fourth-order valence-corrected chi connectivity index (χ4v) is 1.92. The van der Waals surface area contributed by atoms with E-state index in [4.69, 9.17) is 0 Å². The number of hydrogen-bond acceptors (Lipinski definition) is 5. The minimum atomic E-state index is 0.263. The Bertz CT molecular complexity index is 527. The number of nitrogens with one attached hydrogen (secondary N) is 1. The van der Waals surface area contributed by atoms with E-state index in [2.05, 4.69) is 39.1 Å². The van der Waals surface area contributed by atoms with E-state index in [0.29, 0.717) is 5.82 Å². The summed E-state index contributed by atoms with van der Waals surface area (Å²) < 4.78 is 0. The molecule has 1 N–H and O–H groups in total. The molecule has 0 aromatic carbocycles. The molecule has 0 radical (unpaired) electrons. The third-order valence-corrected chi connectivity index (χ3v) is 3.00. The lowest BCUT2D eigenvalue weighted by Gasteiger charge is -2.15. The molecule has 5 heteroatoms. The van der Waals surface area contributed by atoms with Gasteiger partial charge in [0.2, 0.25) is 0 Å². The zero-order chi connectivity index (χ0) is 13.7. The molecule has 0 aliphatic heterocycles. The minimum absolute atomic E-state index is 0.263. The van der Waals surface area contributed by atoms with Crippen molar-refractivity contribution in [2.45, 2.75) is 33.2 Å². The molecular weight excluding hydrogens is 238 g/mol. The van der Waals surface area contributed by atoms with E-state index < -0.39 is 0 Å². The summed E-state index contributed by atoms with van der Waals surface area (Å²) in [6, 6.07) is 2.08. The molecule has 0 spiro atoms. The molecule has 0 saturated heterocycles. The summed E-state index contributed by atoms with van der Waals surface area (Å²) in [7, 11) is 0. The first-order valence-electron chi connectivity index (χ1n) is 6.55. The van der Waals surface area contributed by atoms with Crippen molar-refractivity contribution >= 4 is 0 Å². The highest BCUT2D eigenvalue weighted by Crippen LogP contribution is 2.18. The van der Waals surface area contributed by atoms with Crippen LogP contribution in [0.25, 0.3) is 11.5 Å². The summed E-state index contributed by atoms with van der Waals surface area (Å²) in [5, 5.41) is 3.44. The Hall–Kier alpha value is -1.88. The lowest BCUT2D eigenvalue weighted by molar-refractivity contribution is 0.564. The fraction of sp³-hybridized carbons (Fsp3) is 0.429. The molecule has 1 atom stereocenters. The van der Waals surface area contributed by atoms with Crippen LogP contribution in [0.15, 0.2) is 24.8 Å². The van der Waals surface area contributed by atoms with Crippen molar-refractivity contribution in [3.05, 3.63) is 36.0 Å². The van der Waals surface area contributed by atoms with Gasteiger partial charge in [0.1, 0.15) is 12.0 Å². The van der Waals surface area contributed by atoms with Crippen LogP contribution in [0.5, 0.6) is 0 Å². The predicted octanol–water partition coefficient (Wildman–Crippen LogP) is 2.30. The van der Waals surface area contributed by atoms with Crippen LogP contribution in [0.2, 0.25) is 0 Å². The van der Waals surface area contributed by atoms with E-state index in [1.165, 1.54) is 6.33 Å². The van der Waals surface area contributed by atoms with E-state index in [9.17, 15) is 0 Å². The molecule has 1 unspecified atom stereocenters. The largest absolute Gasteiger partial charge is 0.310 e. The molecule has 0 amide bonds. The Balaban J connectivity index is 2.22. The lowest BCUT2D eigenvalue weighted by atomic mass is 10.1. The van der Waals surface area contributed by atoms with Crippen molar-refractivity contribution in [2.24, 2.45) is 0 Å². The Morgan fingerprint density at radius 3 is 2.79 bits per heavy atom. The van der Waals surface area contributed by atoms with Crippen molar-refractivity contribution in [3.8, 4) is 11.5 Å². The molecule has 2 aromatic heterocycles. The summed E-state index contributed by atoms with van der Waals surface area (Å²) >= 11 is 0. The molecule has 2 rings (SSSR count). The maximum Gasteiger partial charge on any atom is 0.178 e. The lowest BCUT2D eigenvalue weighted by Crippen LogP contribution is -2.20. The van der Waals surface area contributed by atoms with Crippen molar-refractivity contribution in [1.82, 2.24) is 25.3 Å².